The van der Waals surface area contributed by atoms with Crippen LogP contribution in [-0.4, -0.2) is 42.1 Å². The first-order chi connectivity index (χ1) is 15.9. The summed E-state index contributed by atoms with van der Waals surface area (Å²) in [5.74, 6) is 0.586. The molecule has 0 fully saturated rings. The summed E-state index contributed by atoms with van der Waals surface area (Å²) in [6, 6.07) is 8.42. The fourth-order valence-corrected chi connectivity index (χ4v) is 4.59. The van der Waals surface area contributed by atoms with E-state index in [9.17, 15) is 9.18 Å². The molecule has 1 amide bonds. The number of rotatable bonds is 7. The Morgan fingerprint density at radius 3 is 2.73 bits per heavy atom. The zero-order chi connectivity index (χ0) is 23.5. The minimum absolute atomic E-state index is 0.0536. The Labute approximate surface area is 193 Å². The van der Waals surface area contributed by atoms with Crippen molar-refractivity contribution in [1.82, 2.24) is 20.6 Å². The molecule has 3 aromatic rings. The van der Waals surface area contributed by atoms with Gasteiger partial charge in [-0.1, -0.05) is 19.9 Å². The number of hydrogen-bond donors (Lipinski definition) is 3. The van der Waals surface area contributed by atoms with Gasteiger partial charge in [0.15, 0.2) is 0 Å². The summed E-state index contributed by atoms with van der Waals surface area (Å²) in [5, 5.41) is 7.20. The van der Waals surface area contributed by atoms with Crippen LogP contribution in [-0.2, 0) is 4.79 Å². The third-order valence-electron chi connectivity index (χ3n) is 6.35. The van der Waals surface area contributed by atoms with Crippen molar-refractivity contribution in [2.75, 3.05) is 14.2 Å². The molecule has 33 heavy (non-hydrogen) atoms. The van der Waals surface area contributed by atoms with Gasteiger partial charge in [-0.2, -0.15) is 0 Å². The van der Waals surface area contributed by atoms with E-state index in [1.165, 1.54) is 17.7 Å². The predicted octanol–water partition coefficient (Wildman–Crippen LogP) is 4.67. The smallest absolute Gasteiger partial charge is 0.237 e. The fourth-order valence-electron chi connectivity index (χ4n) is 4.59. The zero-order valence-corrected chi connectivity index (χ0v) is 19.5. The molecule has 2 aromatic heterocycles. The second kappa shape index (κ2) is 9.75. The molecule has 0 saturated carbocycles. The number of benzene rings is 1. The first kappa shape index (κ1) is 23.0. The highest BCUT2D eigenvalue weighted by molar-refractivity contribution is 5.96. The second-order valence-corrected chi connectivity index (χ2v) is 8.87. The van der Waals surface area contributed by atoms with E-state index in [0.29, 0.717) is 11.3 Å². The van der Waals surface area contributed by atoms with Crippen molar-refractivity contribution in [2.45, 2.75) is 45.2 Å². The van der Waals surface area contributed by atoms with Crippen LogP contribution in [0.5, 0.6) is 5.75 Å². The quantitative estimate of drug-likeness (QED) is 0.489. The van der Waals surface area contributed by atoms with Crippen molar-refractivity contribution in [3.05, 3.63) is 54.1 Å². The van der Waals surface area contributed by atoms with Crippen LogP contribution in [0, 0.1) is 11.7 Å². The van der Waals surface area contributed by atoms with Crippen LogP contribution < -0.4 is 15.4 Å². The summed E-state index contributed by atoms with van der Waals surface area (Å²) >= 11 is 0. The summed E-state index contributed by atoms with van der Waals surface area (Å²) in [4.78, 5) is 20.4. The Kier molecular flexibility index (Phi) is 6.79. The topological polar surface area (TPSA) is 79.0 Å². The van der Waals surface area contributed by atoms with E-state index < -0.39 is 0 Å². The molecule has 1 aliphatic rings. The van der Waals surface area contributed by atoms with Crippen molar-refractivity contribution >= 4 is 22.5 Å². The number of methoxy groups -OCH3 is 1. The number of amides is 1. The maximum Gasteiger partial charge on any atom is 0.237 e. The largest absolute Gasteiger partial charge is 0.496 e. The molecule has 1 aromatic carbocycles. The molecule has 174 valence electrons. The summed E-state index contributed by atoms with van der Waals surface area (Å²) in [7, 11) is 3.40. The SMILES string of the molecule is CN[C@@H](C(=O)NC1CC=C(c2cc3c(-c4cc(F)ccc4OC)ccnc3[nH]2)CC1)C(C)C. The van der Waals surface area contributed by atoms with Crippen molar-refractivity contribution in [1.29, 1.82) is 0 Å². The van der Waals surface area contributed by atoms with Gasteiger partial charge in [-0.15, -0.1) is 0 Å². The first-order valence-corrected chi connectivity index (χ1v) is 11.4. The molecule has 4 rings (SSSR count). The minimum Gasteiger partial charge on any atom is -0.496 e. The van der Waals surface area contributed by atoms with Gasteiger partial charge in [-0.25, -0.2) is 9.37 Å². The van der Waals surface area contributed by atoms with E-state index >= 15 is 0 Å². The Morgan fingerprint density at radius 2 is 2.06 bits per heavy atom. The number of halogens is 1. The predicted molar refractivity (Wildman–Crippen MR) is 129 cm³/mol. The maximum atomic E-state index is 14.0. The number of nitrogens with one attached hydrogen (secondary N) is 3. The van der Waals surface area contributed by atoms with Crippen molar-refractivity contribution in [3.63, 3.8) is 0 Å². The third kappa shape index (κ3) is 4.78. The number of carbonyl (C=O) groups excluding carboxylic acids is 1. The normalized spacial score (nSPS) is 17.2. The lowest BCUT2D eigenvalue weighted by atomic mass is 9.92. The molecule has 6 nitrogen and oxygen atoms in total. The van der Waals surface area contributed by atoms with Crippen LogP contribution in [0.2, 0.25) is 0 Å². The number of carbonyl (C=O) groups is 1. The van der Waals surface area contributed by atoms with Crippen LogP contribution in [0.1, 0.15) is 38.8 Å². The molecule has 3 N–H and O–H groups in total. The molecule has 2 atom stereocenters. The second-order valence-electron chi connectivity index (χ2n) is 8.87. The zero-order valence-electron chi connectivity index (χ0n) is 19.5. The third-order valence-corrected chi connectivity index (χ3v) is 6.35. The molecule has 2 heterocycles. The molecular formula is C26H31FN4O2. The van der Waals surface area contributed by atoms with Crippen LogP contribution in [0.4, 0.5) is 4.39 Å². The van der Waals surface area contributed by atoms with Gasteiger partial charge in [-0.05, 0) is 73.7 Å². The van der Waals surface area contributed by atoms with Gasteiger partial charge in [0.2, 0.25) is 5.91 Å². The van der Waals surface area contributed by atoms with Gasteiger partial charge in [0.05, 0.1) is 13.2 Å². The van der Waals surface area contributed by atoms with Gasteiger partial charge in [-0.3, -0.25) is 4.79 Å². The van der Waals surface area contributed by atoms with Crippen LogP contribution in [0.25, 0.3) is 27.7 Å². The molecule has 0 saturated heterocycles. The number of ether oxygens (including phenoxy) is 1. The number of fused-ring (bicyclic) bond motifs is 1. The van der Waals surface area contributed by atoms with Crippen molar-refractivity contribution < 1.29 is 13.9 Å². The first-order valence-electron chi connectivity index (χ1n) is 11.4. The number of H-pyrrole nitrogens is 1. The number of pyridine rings is 1. The number of allylic oxidation sites excluding steroid dienone is 1. The highest BCUT2D eigenvalue weighted by atomic mass is 19.1. The highest BCUT2D eigenvalue weighted by Gasteiger charge is 2.24. The maximum absolute atomic E-state index is 14.0. The molecule has 1 aliphatic carbocycles. The summed E-state index contributed by atoms with van der Waals surface area (Å²) in [6.07, 6.45) is 6.41. The van der Waals surface area contributed by atoms with E-state index in [4.69, 9.17) is 4.74 Å². The molecule has 0 spiro atoms. The lowest BCUT2D eigenvalue weighted by Gasteiger charge is -2.26. The van der Waals surface area contributed by atoms with Crippen LogP contribution >= 0.6 is 0 Å². The van der Waals surface area contributed by atoms with Crippen LogP contribution in [0.3, 0.4) is 0 Å². The number of nitrogens with zero attached hydrogens (tertiary/aromatic N) is 1. The number of aromatic nitrogens is 2. The van der Waals surface area contributed by atoms with Gasteiger partial charge in [0.25, 0.3) is 0 Å². The molecule has 0 bridgehead atoms. The standard InChI is InChI=1S/C26H31FN4O2/c1-15(2)24(28-3)26(32)30-18-8-5-16(6-9-18)22-14-21-19(11-12-29-25(21)31-22)20-13-17(27)7-10-23(20)33-4/h5,7,10-15,18,24,28H,6,8-9H2,1-4H3,(H,29,31)(H,30,32)/t18?,24-/m1/s1. The lowest BCUT2D eigenvalue weighted by Crippen LogP contribution is -2.49. The van der Waals surface area contributed by atoms with Crippen LogP contribution in [0.15, 0.2) is 42.6 Å². The lowest BCUT2D eigenvalue weighted by molar-refractivity contribution is -0.124. The van der Waals surface area contributed by atoms with E-state index in [1.54, 1.807) is 19.4 Å². The van der Waals surface area contributed by atoms with Crippen molar-refractivity contribution in [3.8, 4) is 16.9 Å². The molecule has 7 heteroatoms. The Balaban J connectivity index is 1.57. The van der Waals surface area contributed by atoms with Gasteiger partial charge in [0.1, 0.15) is 17.2 Å². The molecule has 0 aliphatic heterocycles. The fraction of sp³-hybridized carbons (Fsp3) is 0.385. The summed E-state index contributed by atoms with van der Waals surface area (Å²) < 4.78 is 19.4. The summed E-state index contributed by atoms with van der Waals surface area (Å²) in [5.41, 5.74) is 4.51. The highest BCUT2D eigenvalue weighted by Crippen LogP contribution is 2.37. The average Bonchev–Trinajstić information content (AvgIpc) is 3.24. The van der Waals surface area contributed by atoms with E-state index in [1.807, 2.05) is 27.0 Å². The summed E-state index contributed by atoms with van der Waals surface area (Å²) in [6.45, 7) is 4.08. The Hall–Kier alpha value is -3.19. The van der Waals surface area contributed by atoms with Crippen molar-refractivity contribution in [2.24, 2.45) is 5.92 Å². The minimum atomic E-state index is -0.312. The Bertz CT molecular complexity index is 1180. The number of hydrogen-bond acceptors (Lipinski definition) is 4. The number of aromatic amines is 1. The van der Waals surface area contributed by atoms with E-state index in [-0.39, 0.29) is 29.7 Å². The van der Waals surface area contributed by atoms with E-state index in [0.717, 1.165) is 41.6 Å². The molecular weight excluding hydrogens is 419 g/mol. The monoisotopic (exact) mass is 450 g/mol. The Morgan fingerprint density at radius 1 is 1.24 bits per heavy atom. The van der Waals surface area contributed by atoms with E-state index in [2.05, 4.69) is 32.7 Å². The van der Waals surface area contributed by atoms with Gasteiger partial charge in [0, 0.05) is 28.9 Å². The average molecular weight is 451 g/mol. The number of likely N-dealkylation sites (N-methyl/N-ethyl adjacent to an activating group) is 1. The molecule has 0 radical (unpaired) electrons. The van der Waals surface area contributed by atoms with Gasteiger partial charge >= 0.3 is 0 Å². The van der Waals surface area contributed by atoms with Gasteiger partial charge < -0.3 is 20.4 Å². The molecule has 1 unspecified atom stereocenters.